The maximum absolute atomic E-state index is 11.3. The molecule has 19 heavy (non-hydrogen) atoms. The van der Waals surface area contributed by atoms with Crippen molar-refractivity contribution in [3.63, 3.8) is 0 Å². The minimum absolute atomic E-state index is 0.361. The normalized spacial score (nSPS) is 10.5. The molecule has 0 unspecified atom stereocenters. The van der Waals surface area contributed by atoms with E-state index in [1.54, 1.807) is 6.07 Å². The van der Waals surface area contributed by atoms with Gasteiger partial charge in [-0.2, -0.15) is 5.10 Å². The lowest BCUT2D eigenvalue weighted by Gasteiger charge is -2.05. The van der Waals surface area contributed by atoms with Gasteiger partial charge in [-0.25, -0.2) is 4.79 Å². The molecule has 2 rings (SSSR count). The predicted octanol–water partition coefficient (Wildman–Crippen LogP) is 1.76. The molecule has 0 saturated heterocycles. The van der Waals surface area contributed by atoms with Crippen LogP contribution >= 0.6 is 0 Å². The van der Waals surface area contributed by atoms with Gasteiger partial charge >= 0.3 is 5.97 Å². The Morgan fingerprint density at radius 3 is 2.79 bits per heavy atom. The molecule has 0 aliphatic rings. The molecular formula is C13H18N4O2. The lowest BCUT2D eigenvalue weighted by atomic mass is 10.3. The molecule has 6 nitrogen and oxygen atoms in total. The smallest absolute Gasteiger partial charge is 0.354 e. The Morgan fingerprint density at radius 2 is 2.21 bits per heavy atom. The molecule has 0 aromatic carbocycles. The molecule has 2 N–H and O–H groups in total. The fraction of sp³-hybridized carbons (Fsp3) is 0.385. The monoisotopic (exact) mass is 262 g/mol. The number of hydrogen-bond donors (Lipinski definition) is 2. The Labute approximate surface area is 111 Å². The van der Waals surface area contributed by atoms with Gasteiger partial charge in [-0.1, -0.05) is 0 Å². The van der Waals surface area contributed by atoms with E-state index >= 15 is 0 Å². The van der Waals surface area contributed by atoms with Crippen LogP contribution in [0.15, 0.2) is 12.1 Å². The van der Waals surface area contributed by atoms with Crippen LogP contribution in [-0.4, -0.2) is 27.8 Å². The van der Waals surface area contributed by atoms with E-state index in [0.717, 1.165) is 22.8 Å². The highest BCUT2D eigenvalue weighted by Crippen LogP contribution is 2.19. The first-order valence-corrected chi connectivity index (χ1v) is 6.03. The summed E-state index contributed by atoms with van der Waals surface area (Å²) < 4.78 is 6.49. The maximum atomic E-state index is 11.3. The number of carbonyl (C=O) groups is 1. The number of methoxy groups -OCH3 is 1. The molecule has 0 aliphatic heterocycles. The van der Waals surface area contributed by atoms with Gasteiger partial charge in [0.15, 0.2) is 0 Å². The highest BCUT2D eigenvalue weighted by Gasteiger charge is 2.10. The molecule has 0 spiro atoms. The molecule has 0 bridgehead atoms. The second kappa shape index (κ2) is 5.17. The average molecular weight is 262 g/mol. The van der Waals surface area contributed by atoms with Crippen molar-refractivity contribution in [2.24, 2.45) is 7.05 Å². The standard InChI is InChI=1S/C13H18N4O2/c1-8-12(9(2)17(3)16-8)14-7-10-5-6-11(15-10)13(18)19-4/h5-6,14-15H,7H2,1-4H3. The van der Waals surface area contributed by atoms with Crippen molar-refractivity contribution >= 4 is 11.7 Å². The SMILES string of the molecule is COC(=O)c1ccc(CNc2c(C)nn(C)c2C)[nH]1. The second-order valence-electron chi connectivity index (χ2n) is 4.41. The molecule has 0 aliphatic carbocycles. The molecule has 2 heterocycles. The highest BCUT2D eigenvalue weighted by molar-refractivity contribution is 5.87. The van der Waals surface area contributed by atoms with E-state index < -0.39 is 0 Å². The average Bonchev–Trinajstić information content (AvgIpc) is 2.94. The van der Waals surface area contributed by atoms with Crippen LogP contribution in [0.5, 0.6) is 0 Å². The fourth-order valence-electron chi connectivity index (χ4n) is 1.99. The van der Waals surface area contributed by atoms with Crippen molar-refractivity contribution in [1.29, 1.82) is 0 Å². The number of rotatable bonds is 4. The topological polar surface area (TPSA) is 71.9 Å². The highest BCUT2D eigenvalue weighted by atomic mass is 16.5. The Balaban J connectivity index is 2.06. The number of ether oxygens (including phenoxy) is 1. The van der Waals surface area contributed by atoms with Gasteiger partial charge in [-0.15, -0.1) is 0 Å². The molecule has 2 aromatic heterocycles. The lowest BCUT2D eigenvalue weighted by Crippen LogP contribution is -2.04. The second-order valence-corrected chi connectivity index (χ2v) is 4.41. The molecule has 0 fully saturated rings. The van der Waals surface area contributed by atoms with E-state index in [9.17, 15) is 4.79 Å². The zero-order chi connectivity index (χ0) is 14.0. The first kappa shape index (κ1) is 13.2. The zero-order valence-electron chi connectivity index (χ0n) is 11.6. The number of aromatic amines is 1. The summed E-state index contributed by atoms with van der Waals surface area (Å²) in [5.41, 5.74) is 4.44. The third kappa shape index (κ3) is 2.62. The summed E-state index contributed by atoms with van der Waals surface area (Å²) >= 11 is 0. The molecule has 6 heteroatoms. The summed E-state index contributed by atoms with van der Waals surface area (Å²) in [5, 5.41) is 7.66. The number of nitrogens with one attached hydrogen (secondary N) is 2. The van der Waals surface area contributed by atoms with Crippen LogP contribution in [-0.2, 0) is 18.3 Å². The maximum Gasteiger partial charge on any atom is 0.354 e. The first-order chi connectivity index (χ1) is 9.02. The van der Waals surface area contributed by atoms with Gasteiger partial charge in [0.05, 0.1) is 30.7 Å². The van der Waals surface area contributed by atoms with Crippen molar-refractivity contribution in [3.05, 3.63) is 34.9 Å². The van der Waals surface area contributed by atoms with E-state index in [2.05, 4.69) is 20.1 Å². The van der Waals surface area contributed by atoms with E-state index in [0.29, 0.717) is 12.2 Å². The van der Waals surface area contributed by atoms with Gasteiger partial charge < -0.3 is 15.0 Å². The van der Waals surface area contributed by atoms with Crippen molar-refractivity contribution in [3.8, 4) is 0 Å². The summed E-state index contributed by atoms with van der Waals surface area (Å²) in [6.45, 7) is 4.57. The summed E-state index contributed by atoms with van der Waals surface area (Å²) in [4.78, 5) is 14.3. The first-order valence-electron chi connectivity index (χ1n) is 6.03. The van der Waals surface area contributed by atoms with Gasteiger partial charge in [0.2, 0.25) is 0 Å². The van der Waals surface area contributed by atoms with Crippen LogP contribution in [0.3, 0.4) is 0 Å². The van der Waals surface area contributed by atoms with Crippen LogP contribution in [0, 0.1) is 13.8 Å². The van der Waals surface area contributed by atoms with Gasteiger partial charge in [0.25, 0.3) is 0 Å². The summed E-state index contributed by atoms with van der Waals surface area (Å²) in [5.74, 6) is -0.361. The molecule has 0 amide bonds. The Bertz CT molecular complexity index is 598. The van der Waals surface area contributed by atoms with Gasteiger partial charge in [-0.05, 0) is 26.0 Å². The van der Waals surface area contributed by atoms with Crippen LogP contribution in [0.2, 0.25) is 0 Å². The third-order valence-corrected chi connectivity index (χ3v) is 3.12. The van der Waals surface area contributed by atoms with Gasteiger partial charge in [0, 0.05) is 12.7 Å². The molecule has 2 aromatic rings. The zero-order valence-corrected chi connectivity index (χ0v) is 11.6. The number of hydrogen-bond acceptors (Lipinski definition) is 4. The van der Waals surface area contributed by atoms with Crippen LogP contribution in [0.25, 0.3) is 0 Å². The van der Waals surface area contributed by atoms with Crippen molar-refractivity contribution in [2.45, 2.75) is 20.4 Å². The quantitative estimate of drug-likeness (QED) is 0.824. The third-order valence-electron chi connectivity index (χ3n) is 3.12. The summed E-state index contributed by atoms with van der Waals surface area (Å²) in [7, 11) is 3.28. The Hall–Kier alpha value is -2.24. The molecular weight excluding hydrogens is 244 g/mol. The van der Waals surface area contributed by atoms with Crippen molar-refractivity contribution in [2.75, 3.05) is 12.4 Å². The molecule has 0 saturated carbocycles. The van der Waals surface area contributed by atoms with Crippen LogP contribution in [0.4, 0.5) is 5.69 Å². The largest absolute Gasteiger partial charge is 0.464 e. The number of aryl methyl sites for hydroxylation is 2. The van der Waals surface area contributed by atoms with Gasteiger partial charge in [0.1, 0.15) is 5.69 Å². The van der Waals surface area contributed by atoms with E-state index in [1.807, 2.05) is 31.6 Å². The molecule has 0 radical (unpaired) electrons. The van der Waals surface area contributed by atoms with Crippen LogP contribution in [0.1, 0.15) is 27.6 Å². The minimum Gasteiger partial charge on any atom is -0.464 e. The predicted molar refractivity (Wildman–Crippen MR) is 72.1 cm³/mol. The van der Waals surface area contributed by atoms with Crippen molar-refractivity contribution < 1.29 is 9.53 Å². The number of carbonyl (C=O) groups excluding carboxylic acids is 1. The fourth-order valence-corrected chi connectivity index (χ4v) is 1.99. The number of esters is 1. The van der Waals surface area contributed by atoms with E-state index in [-0.39, 0.29) is 5.97 Å². The minimum atomic E-state index is -0.361. The number of nitrogens with zero attached hydrogens (tertiary/aromatic N) is 2. The molecule has 102 valence electrons. The number of anilines is 1. The van der Waals surface area contributed by atoms with Crippen LogP contribution < -0.4 is 5.32 Å². The lowest BCUT2D eigenvalue weighted by molar-refractivity contribution is 0.0594. The van der Waals surface area contributed by atoms with E-state index in [4.69, 9.17) is 0 Å². The summed E-state index contributed by atoms with van der Waals surface area (Å²) in [6.07, 6.45) is 0. The number of H-pyrrole nitrogens is 1. The van der Waals surface area contributed by atoms with E-state index in [1.165, 1.54) is 7.11 Å². The van der Waals surface area contributed by atoms with Gasteiger partial charge in [-0.3, -0.25) is 4.68 Å². The number of aromatic nitrogens is 3. The molecule has 0 atom stereocenters. The Kier molecular flexibility index (Phi) is 3.59. The Morgan fingerprint density at radius 1 is 1.47 bits per heavy atom. The van der Waals surface area contributed by atoms with Crippen molar-refractivity contribution in [1.82, 2.24) is 14.8 Å². The summed E-state index contributed by atoms with van der Waals surface area (Å²) in [6, 6.07) is 3.58.